The van der Waals surface area contributed by atoms with Crippen LogP contribution in [0.2, 0.25) is 0 Å². The topological polar surface area (TPSA) is 36.2 Å². The average Bonchev–Trinajstić information content (AvgIpc) is 2.11. The van der Waals surface area contributed by atoms with Gasteiger partial charge in [0.25, 0.3) is 0 Å². The monoisotopic (exact) mass is 180 g/mol. The number of nitrogens with zero attached hydrogens (tertiary/aromatic N) is 1. The molecule has 0 amide bonds. The molecule has 0 saturated carbocycles. The van der Waals surface area contributed by atoms with E-state index in [1.165, 1.54) is 0 Å². The number of nitrogens with one attached hydrogen (secondary N) is 1. The van der Waals surface area contributed by atoms with Crippen LogP contribution in [-0.4, -0.2) is 11.9 Å². The summed E-state index contributed by atoms with van der Waals surface area (Å²) in [6.07, 6.45) is 5.81. The molecule has 0 radical (unpaired) electrons. The molecule has 0 aliphatic rings. The number of allylic oxidation sites excluding steroid dienone is 2. The molecule has 0 aromatic rings. The summed E-state index contributed by atoms with van der Waals surface area (Å²) in [6.45, 7) is 7.93. The molecule has 0 spiro atoms. The van der Waals surface area contributed by atoms with Crippen LogP contribution in [0.1, 0.15) is 40.5 Å². The lowest BCUT2D eigenvalue weighted by Crippen LogP contribution is -2.09. The van der Waals surface area contributed by atoms with Gasteiger partial charge in [-0.2, -0.15) is 0 Å². The SMILES string of the molecule is C/C=C(C)\N=C/CC(CC)C(C)=N. The summed E-state index contributed by atoms with van der Waals surface area (Å²) in [4.78, 5) is 4.25. The second-order valence-electron chi connectivity index (χ2n) is 3.27. The minimum atomic E-state index is 0.369. The van der Waals surface area contributed by atoms with E-state index in [1.54, 1.807) is 0 Å². The van der Waals surface area contributed by atoms with Crippen LogP contribution in [0.3, 0.4) is 0 Å². The van der Waals surface area contributed by atoms with Crippen molar-refractivity contribution in [1.82, 2.24) is 0 Å². The highest BCUT2D eigenvalue weighted by molar-refractivity contribution is 5.83. The normalized spacial score (nSPS) is 14.9. The molecule has 0 aliphatic carbocycles. The third-order valence-electron chi connectivity index (χ3n) is 2.21. The number of aliphatic imine (C=N–C) groups is 1. The van der Waals surface area contributed by atoms with Gasteiger partial charge in [0.15, 0.2) is 0 Å². The minimum absolute atomic E-state index is 0.369. The van der Waals surface area contributed by atoms with Crippen LogP contribution in [0, 0.1) is 11.3 Å². The van der Waals surface area contributed by atoms with Gasteiger partial charge in [-0.05, 0) is 33.6 Å². The predicted octanol–water partition coefficient (Wildman–Crippen LogP) is 3.44. The van der Waals surface area contributed by atoms with Crippen LogP contribution in [0.25, 0.3) is 0 Å². The summed E-state index contributed by atoms with van der Waals surface area (Å²) < 4.78 is 0. The Hall–Kier alpha value is -0.920. The summed E-state index contributed by atoms with van der Waals surface area (Å²) in [5, 5.41) is 7.51. The summed E-state index contributed by atoms with van der Waals surface area (Å²) in [5.74, 6) is 0.369. The average molecular weight is 180 g/mol. The van der Waals surface area contributed by atoms with E-state index < -0.39 is 0 Å². The molecule has 74 valence electrons. The molecular formula is C11H20N2. The van der Waals surface area contributed by atoms with Gasteiger partial charge in [0.05, 0.1) is 0 Å². The maximum absolute atomic E-state index is 7.51. The minimum Gasteiger partial charge on any atom is -0.310 e. The first kappa shape index (κ1) is 12.1. The largest absolute Gasteiger partial charge is 0.310 e. The Morgan fingerprint density at radius 2 is 2.08 bits per heavy atom. The van der Waals surface area contributed by atoms with Crippen LogP contribution in [-0.2, 0) is 0 Å². The molecule has 2 nitrogen and oxygen atoms in total. The summed E-state index contributed by atoms with van der Waals surface area (Å²) in [6, 6.07) is 0. The molecule has 0 saturated heterocycles. The molecule has 0 aromatic heterocycles. The molecular weight excluding hydrogens is 160 g/mol. The number of hydrogen-bond acceptors (Lipinski definition) is 2. The van der Waals surface area contributed by atoms with E-state index in [0.717, 1.165) is 24.3 Å². The molecule has 1 unspecified atom stereocenters. The molecule has 1 N–H and O–H groups in total. The van der Waals surface area contributed by atoms with Crippen molar-refractivity contribution in [2.45, 2.75) is 40.5 Å². The maximum Gasteiger partial charge on any atom is 0.0326 e. The molecule has 0 fully saturated rings. The zero-order chi connectivity index (χ0) is 10.3. The van der Waals surface area contributed by atoms with Gasteiger partial charge in [-0.1, -0.05) is 13.0 Å². The van der Waals surface area contributed by atoms with Crippen LogP contribution in [0.4, 0.5) is 0 Å². The first-order valence-corrected chi connectivity index (χ1v) is 4.82. The van der Waals surface area contributed by atoms with Crippen molar-refractivity contribution >= 4 is 11.9 Å². The smallest absolute Gasteiger partial charge is 0.0326 e. The van der Waals surface area contributed by atoms with Crippen molar-refractivity contribution in [2.75, 3.05) is 0 Å². The van der Waals surface area contributed by atoms with Gasteiger partial charge in [-0.15, -0.1) is 0 Å². The summed E-state index contributed by atoms with van der Waals surface area (Å²) >= 11 is 0. The van der Waals surface area contributed by atoms with Crippen LogP contribution >= 0.6 is 0 Å². The fraction of sp³-hybridized carbons (Fsp3) is 0.636. The Bertz CT molecular complexity index is 214. The molecule has 0 bridgehead atoms. The highest BCUT2D eigenvalue weighted by atomic mass is 14.7. The van der Waals surface area contributed by atoms with Gasteiger partial charge in [-0.3, -0.25) is 4.99 Å². The fourth-order valence-electron chi connectivity index (χ4n) is 1.05. The zero-order valence-corrected chi connectivity index (χ0v) is 9.09. The summed E-state index contributed by atoms with van der Waals surface area (Å²) in [5.41, 5.74) is 1.80. The second-order valence-corrected chi connectivity index (χ2v) is 3.27. The standard InChI is InChI=1S/C11H20N2/c1-5-9(3)13-8-7-11(6-2)10(4)12/h5,8,11-12H,6-7H2,1-4H3/b9-5-,12-10?,13-8-. The highest BCUT2D eigenvalue weighted by Crippen LogP contribution is 2.08. The van der Waals surface area contributed by atoms with Crippen molar-refractivity contribution in [2.24, 2.45) is 10.9 Å². The van der Waals surface area contributed by atoms with E-state index in [-0.39, 0.29) is 0 Å². The van der Waals surface area contributed by atoms with E-state index in [4.69, 9.17) is 5.41 Å². The van der Waals surface area contributed by atoms with Gasteiger partial charge in [-0.25, -0.2) is 0 Å². The van der Waals surface area contributed by atoms with E-state index in [1.807, 2.05) is 33.1 Å². The molecule has 0 heterocycles. The van der Waals surface area contributed by atoms with Gasteiger partial charge in [0.2, 0.25) is 0 Å². The van der Waals surface area contributed by atoms with Crippen molar-refractivity contribution in [3.63, 3.8) is 0 Å². The van der Waals surface area contributed by atoms with Crippen molar-refractivity contribution in [3.05, 3.63) is 11.8 Å². The highest BCUT2D eigenvalue weighted by Gasteiger charge is 2.05. The lowest BCUT2D eigenvalue weighted by molar-refractivity contribution is 0.693. The Labute approximate surface area is 81.3 Å². The van der Waals surface area contributed by atoms with Gasteiger partial charge in [0, 0.05) is 23.5 Å². The van der Waals surface area contributed by atoms with Gasteiger partial charge >= 0.3 is 0 Å². The second kappa shape index (κ2) is 6.58. The number of rotatable bonds is 5. The Balaban J connectivity index is 3.99. The van der Waals surface area contributed by atoms with Gasteiger partial charge in [0.1, 0.15) is 0 Å². The molecule has 1 atom stereocenters. The van der Waals surface area contributed by atoms with Crippen molar-refractivity contribution in [1.29, 1.82) is 5.41 Å². The molecule has 0 rings (SSSR count). The van der Waals surface area contributed by atoms with Crippen LogP contribution < -0.4 is 0 Å². The Kier molecular flexibility index (Phi) is 6.11. The molecule has 2 heteroatoms. The van der Waals surface area contributed by atoms with E-state index in [0.29, 0.717) is 5.92 Å². The maximum atomic E-state index is 7.51. The fourth-order valence-corrected chi connectivity index (χ4v) is 1.05. The van der Waals surface area contributed by atoms with Crippen molar-refractivity contribution < 1.29 is 0 Å². The molecule has 13 heavy (non-hydrogen) atoms. The molecule has 0 aliphatic heterocycles. The van der Waals surface area contributed by atoms with Gasteiger partial charge < -0.3 is 5.41 Å². The quantitative estimate of drug-likeness (QED) is 0.629. The lowest BCUT2D eigenvalue weighted by Gasteiger charge is -2.08. The Morgan fingerprint density at radius 1 is 1.46 bits per heavy atom. The Morgan fingerprint density at radius 3 is 2.46 bits per heavy atom. The van der Waals surface area contributed by atoms with Crippen molar-refractivity contribution in [3.8, 4) is 0 Å². The van der Waals surface area contributed by atoms with E-state index in [9.17, 15) is 0 Å². The molecule has 0 aromatic carbocycles. The first-order valence-electron chi connectivity index (χ1n) is 4.82. The van der Waals surface area contributed by atoms with Crippen LogP contribution in [0.5, 0.6) is 0 Å². The summed E-state index contributed by atoms with van der Waals surface area (Å²) in [7, 11) is 0. The third-order valence-corrected chi connectivity index (χ3v) is 2.21. The zero-order valence-electron chi connectivity index (χ0n) is 9.09. The van der Waals surface area contributed by atoms with E-state index >= 15 is 0 Å². The third kappa shape index (κ3) is 5.34. The first-order chi connectivity index (χ1) is 6.11. The predicted molar refractivity (Wildman–Crippen MR) is 59.7 cm³/mol. The van der Waals surface area contributed by atoms with Crippen LogP contribution in [0.15, 0.2) is 16.8 Å². The van der Waals surface area contributed by atoms with E-state index in [2.05, 4.69) is 11.9 Å². The number of hydrogen-bond donors (Lipinski definition) is 1. The lowest BCUT2D eigenvalue weighted by atomic mass is 9.98.